The zero-order valence-electron chi connectivity index (χ0n) is 15.0. The van der Waals surface area contributed by atoms with Gasteiger partial charge in [-0.05, 0) is 36.2 Å². The lowest BCUT2D eigenvalue weighted by molar-refractivity contribution is -0.153. The van der Waals surface area contributed by atoms with E-state index in [0.29, 0.717) is 20.6 Å². The third kappa shape index (κ3) is 5.86. The highest BCUT2D eigenvalue weighted by atomic mass is 35.5. The van der Waals surface area contributed by atoms with Crippen LogP contribution in [0.25, 0.3) is 0 Å². The van der Waals surface area contributed by atoms with Gasteiger partial charge < -0.3 is 9.64 Å². The zero-order valence-corrected chi connectivity index (χ0v) is 17.3. The van der Waals surface area contributed by atoms with Crippen LogP contribution in [-0.4, -0.2) is 36.5 Å². The van der Waals surface area contributed by atoms with Gasteiger partial charge in [0.1, 0.15) is 6.04 Å². The molecule has 2 aromatic rings. The van der Waals surface area contributed by atoms with E-state index >= 15 is 0 Å². The third-order valence-electron chi connectivity index (χ3n) is 4.13. The van der Waals surface area contributed by atoms with Gasteiger partial charge >= 0.3 is 5.97 Å². The number of hydrogen-bond acceptors (Lipinski definition) is 3. The van der Waals surface area contributed by atoms with Gasteiger partial charge in [-0.1, -0.05) is 59.1 Å². The monoisotopic (exact) mass is 427 g/mol. The van der Waals surface area contributed by atoms with Crippen molar-refractivity contribution in [2.75, 3.05) is 13.7 Å². The van der Waals surface area contributed by atoms with E-state index in [9.17, 15) is 9.59 Å². The SMILES string of the molecule is CCOC(=O)C(Cc1ccccc1Cl)N(C)C(=O)Cc1ccc(Cl)c(Cl)c1. The Labute approximate surface area is 174 Å². The summed E-state index contributed by atoms with van der Waals surface area (Å²) in [7, 11) is 1.58. The van der Waals surface area contributed by atoms with Crippen LogP contribution < -0.4 is 0 Å². The van der Waals surface area contributed by atoms with E-state index in [1.807, 2.05) is 18.2 Å². The lowest BCUT2D eigenvalue weighted by Gasteiger charge is -2.27. The van der Waals surface area contributed by atoms with Crippen molar-refractivity contribution in [3.8, 4) is 0 Å². The highest BCUT2D eigenvalue weighted by molar-refractivity contribution is 6.42. The summed E-state index contributed by atoms with van der Waals surface area (Å²) in [6.07, 6.45) is 0.355. The van der Waals surface area contributed by atoms with Crippen molar-refractivity contribution in [2.24, 2.45) is 0 Å². The van der Waals surface area contributed by atoms with E-state index in [1.165, 1.54) is 4.90 Å². The van der Waals surface area contributed by atoms with Crippen LogP contribution in [0.4, 0.5) is 0 Å². The summed E-state index contributed by atoms with van der Waals surface area (Å²) in [5.74, 6) is -0.707. The fraction of sp³-hybridized carbons (Fsp3) is 0.300. The number of nitrogens with zero attached hydrogens (tertiary/aromatic N) is 1. The molecule has 7 heteroatoms. The molecule has 0 N–H and O–H groups in total. The molecule has 0 spiro atoms. The largest absolute Gasteiger partial charge is 0.464 e. The molecule has 0 aliphatic heterocycles. The van der Waals surface area contributed by atoms with Gasteiger partial charge in [0, 0.05) is 18.5 Å². The molecule has 2 aromatic carbocycles. The minimum Gasteiger partial charge on any atom is -0.464 e. The molecule has 1 atom stereocenters. The number of rotatable bonds is 7. The smallest absolute Gasteiger partial charge is 0.329 e. The van der Waals surface area contributed by atoms with E-state index < -0.39 is 12.0 Å². The maximum Gasteiger partial charge on any atom is 0.329 e. The topological polar surface area (TPSA) is 46.6 Å². The van der Waals surface area contributed by atoms with Gasteiger partial charge in [0.25, 0.3) is 0 Å². The summed E-state index contributed by atoms with van der Waals surface area (Å²) in [5.41, 5.74) is 1.48. The Hall–Kier alpha value is -1.75. The molecule has 1 unspecified atom stereocenters. The van der Waals surface area contributed by atoms with Gasteiger partial charge in [0.2, 0.25) is 5.91 Å². The Morgan fingerprint density at radius 2 is 1.74 bits per heavy atom. The second kappa shape index (κ2) is 9.98. The summed E-state index contributed by atoms with van der Waals surface area (Å²) < 4.78 is 5.16. The van der Waals surface area contributed by atoms with Gasteiger partial charge in [0.15, 0.2) is 0 Å². The molecule has 0 radical (unpaired) electrons. The first-order valence-corrected chi connectivity index (χ1v) is 9.56. The van der Waals surface area contributed by atoms with Crippen molar-refractivity contribution >= 4 is 46.7 Å². The van der Waals surface area contributed by atoms with E-state index in [2.05, 4.69) is 0 Å². The van der Waals surface area contributed by atoms with Crippen molar-refractivity contribution in [3.05, 3.63) is 68.7 Å². The Kier molecular flexibility index (Phi) is 7.96. The van der Waals surface area contributed by atoms with Crippen LogP contribution >= 0.6 is 34.8 Å². The van der Waals surface area contributed by atoms with E-state index in [-0.39, 0.29) is 25.4 Å². The van der Waals surface area contributed by atoms with Crippen LogP contribution in [0.3, 0.4) is 0 Å². The zero-order chi connectivity index (χ0) is 20.0. The Bertz CT molecular complexity index is 826. The number of benzene rings is 2. The predicted molar refractivity (Wildman–Crippen MR) is 109 cm³/mol. The van der Waals surface area contributed by atoms with Crippen LogP contribution in [0.15, 0.2) is 42.5 Å². The average molecular weight is 429 g/mol. The van der Waals surface area contributed by atoms with Crippen molar-refractivity contribution in [1.29, 1.82) is 0 Å². The lowest BCUT2D eigenvalue weighted by atomic mass is 10.0. The number of likely N-dealkylation sites (N-methyl/N-ethyl adjacent to an activating group) is 1. The van der Waals surface area contributed by atoms with Crippen LogP contribution in [0.2, 0.25) is 15.1 Å². The van der Waals surface area contributed by atoms with Gasteiger partial charge in [-0.15, -0.1) is 0 Å². The number of halogens is 3. The molecular weight excluding hydrogens is 409 g/mol. The van der Waals surface area contributed by atoms with Crippen LogP contribution in [0, 0.1) is 0 Å². The molecule has 27 heavy (non-hydrogen) atoms. The standard InChI is InChI=1S/C20H20Cl3NO3/c1-3-27-20(26)18(12-14-6-4-5-7-15(14)21)24(2)19(25)11-13-8-9-16(22)17(23)10-13/h4-10,18H,3,11-12H2,1-2H3. The molecule has 0 aliphatic carbocycles. The summed E-state index contributed by atoms with van der Waals surface area (Å²) in [5, 5.41) is 1.34. The summed E-state index contributed by atoms with van der Waals surface area (Å²) >= 11 is 18.1. The van der Waals surface area contributed by atoms with Crippen LogP contribution in [0.5, 0.6) is 0 Å². The fourth-order valence-corrected chi connectivity index (χ4v) is 3.15. The molecule has 0 saturated heterocycles. The highest BCUT2D eigenvalue weighted by Gasteiger charge is 2.29. The number of ether oxygens (including phenoxy) is 1. The van der Waals surface area contributed by atoms with E-state index in [1.54, 1.807) is 38.2 Å². The van der Waals surface area contributed by atoms with Crippen LogP contribution in [0.1, 0.15) is 18.1 Å². The molecule has 2 rings (SSSR count). The lowest BCUT2D eigenvalue weighted by Crippen LogP contribution is -2.45. The van der Waals surface area contributed by atoms with Crippen molar-refractivity contribution in [2.45, 2.75) is 25.8 Å². The molecule has 0 aromatic heterocycles. The Balaban J connectivity index is 2.20. The number of esters is 1. The molecular formula is C20H20Cl3NO3. The second-order valence-electron chi connectivity index (χ2n) is 5.99. The predicted octanol–water partition coefficient (Wildman–Crippen LogP) is 4.82. The van der Waals surface area contributed by atoms with E-state index in [4.69, 9.17) is 39.5 Å². The first-order valence-electron chi connectivity index (χ1n) is 8.43. The maximum absolute atomic E-state index is 12.7. The molecule has 0 fully saturated rings. The molecule has 4 nitrogen and oxygen atoms in total. The molecule has 0 saturated carbocycles. The maximum atomic E-state index is 12.7. The quantitative estimate of drug-likeness (QED) is 0.594. The number of carbonyl (C=O) groups excluding carboxylic acids is 2. The fourth-order valence-electron chi connectivity index (χ4n) is 2.61. The number of amides is 1. The highest BCUT2D eigenvalue weighted by Crippen LogP contribution is 2.24. The number of hydrogen-bond donors (Lipinski definition) is 0. The van der Waals surface area contributed by atoms with Crippen molar-refractivity contribution in [3.63, 3.8) is 0 Å². The minimum atomic E-state index is -0.778. The van der Waals surface area contributed by atoms with Gasteiger partial charge in [0.05, 0.1) is 23.1 Å². The second-order valence-corrected chi connectivity index (χ2v) is 7.21. The van der Waals surface area contributed by atoms with Gasteiger partial charge in [-0.3, -0.25) is 4.79 Å². The van der Waals surface area contributed by atoms with Crippen molar-refractivity contribution in [1.82, 2.24) is 4.90 Å². The minimum absolute atomic E-state index is 0.0891. The first-order chi connectivity index (χ1) is 12.8. The van der Waals surface area contributed by atoms with Crippen LogP contribution in [-0.2, 0) is 27.2 Å². The number of carbonyl (C=O) groups is 2. The molecule has 0 bridgehead atoms. The van der Waals surface area contributed by atoms with Gasteiger partial charge in [-0.2, -0.15) is 0 Å². The van der Waals surface area contributed by atoms with Crippen molar-refractivity contribution < 1.29 is 14.3 Å². The summed E-state index contributed by atoms with van der Waals surface area (Å²) in [6, 6.07) is 11.4. The molecule has 144 valence electrons. The Morgan fingerprint density at radius 3 is 2.37 bits per heavy atom. The first kappa shape index (κ1) is 21.5. The molecule has 0 heterocycles. The average Bonchev–Trinajstić information content (AvgIpc) is 2.63. The normalized spacial score (nSPS) is 11.7. The summed E-state index contributed by atoms with van der Waals surface area (Å²) in [4.78, 5) is 26.6. The Morgan fingerprint density at radius 1 is 1.04 bits per heavy atom. The van der Waals surface area contributed by atoms with Gasteiger partial charge in [-0.25, -0.2) is 4.79 Å². The molecule has 1 amide bonds. The third-order valence-corrected chi connectivity index (χ3v) is 5.24. The van der Waals surface area contributed by atoms with E-state index in [0.717, 1.165) is 5.56 Å². The molecule has 0 aliphatic rings. The summed E-state index contributed by atoms with van der Waals surface area (Å²) in [6.45, 7) is 1.95.